The summed E-state index contributed by atoms with van der Waals surface area (Å²) in [4.78, 5) is 4.02. The van der Waals surface area contributed by atoms with Gasteiger partial charge in [0.2, 0.25) is 0 Å². The van der Waals surface area contributed by atoms with Crippen LogP contribution in [0.1, 0.15) is 19.3 Å². The van der Waals surface area contributed by atoms with E-state index in [0.29, 0.717) is 0 Å². The van der Waals surface area contributed by atoms with Gasteiger partial charge in [0.05, 0.1) is 12.8 Å². The second-order valence-corrected chi connectivity index (χ2v) is 4.17. The summed E-state index contributed by atoms with van der Waals surface area (Å²) < 4.78 is 12.0. The first-order valence-electron chi connectivity index (χ1n) is 4.73. The minimum atomic E-state index is -0.0974. The Bertz CT molecular complexity index is 300. The fraction of sp³-hybridized carbons (Fsp3) is 0.500. The lowest BCUT2D eigenvalue weighted by Crippen LogP contribution is -2.24. The molecule has 1 aliphatic heterocycles. The number of nitrogens with zero attached hydrogens (tertiary/aromatic N) is 1. The molecular formula is C10H12BrNO2. The van der Waals surface area contributed by atoms with Crippen LogP contribution < -0.4 is 4.74 Å². The third kappa shape index (κ3) is 2.69. The second kappa shape index (κ2) is 4.75. The molecular weight excluding hydrogens is 246 g/mol. The molecule has 3 nitrogen and oxygen atoms in total. The lowest BCUT2D eigenvalue weighted by molar-refractivity contribution is -0.106. The van der Waals surface area contributed by atoms with E-state index in [4.69, 9.17) is 9.47 Å². The quantitative estimate of drug-likeness (QED) is 0.817. The Kier molecular flexibility index (Phi) is 3.37. The van der Waals surface area contributed by atoms with Crippen molar-refractivity contribution in [1.82, 2.24) is 4.98 Å². The predicted molar refractivity (Wildman–Crippen MR) is 56.2 cm³/mol. The third-order valence-electron chi connectivity index (χ3n) is 2.09. The van der Waals surface area contributed by atoms with E-state index in [0.717, 1.165) is 29.7 Å². The molecule has 14 heavy (non-hydrogen) atoms. The summed E-state index contributed by atoms with van der Waals surface area (Å²) in [6, 6.07) is 1.89. The van der Waals surface area contributed by atoms with Crippen molar-refractivity contribution in [3.63, 3.8) is 0 Å². The number of aromatic nitrogens is 1. The van der Waals surface area contributed by atoms with Crippen molar-refractivity contribution < 1.29 is 9.47 Å². The number of hydrogen-bond donors (Lipinski definition) is 0. The number of rotatable bonds is 2. The molecule has 0 unspecified atom stereocenters. The smallest absolute Gasteiger partial charge is 0.199 e. The lowest BCUT2D eigenvalue weighted by Gasteiger charge is -2.23. The molecule has 76 valence electrons. The van der Waals surface area contributed by atoms with Crippen LogP contribution >= 0.6 is 15.9 Å². The first-order valence-corrected chi connectivity index (χ1v) is 5.53. The first kappa shape index (κ1) is 9.93. The topological polar surface area (TPSA) is 31.4 Å². The van der Waals surface area contributed by atoms with Crippen LogP contribution in [0.2, 0.25) is 0 Å². The van der Waals surface area contributed by atoms with Crippen LogP contribution in [0, 0.1) is 0 Å². The number of ether oxygens (including phenoxy) is 2. The van der Waals surface area contributed by atoms with Crippen molar-refractivity contribution in [2.75, 3.05) is 6.61 Å². The SMILES string of the molecule is Brc1cncc(O[C@@H]2CCCCO2)c1. The maximum absolute atomic E-state index is 5.62. The molecule has 0 radical (unpaired) electrons. The van der Waals surface area contributed by atoms with Crippen molar-refractivity contribution in [2.45, 2.75) is 25.6 Å². The van der Waals surface area contributed by atoms with Crippen LogP contribution in [-0.2, 0) is 4.74 Å². The van der Waals surface area contributed by atoms with Gasteiger partial charge in [0.15, 0.2) is 6.29 Å². The highest BCUT2D eigenvalue weighted by atomic mass is 79.9. The Morgan fingerprint density at radius 3 is 3.07 bits per heavy atom. The molecule has 0 N–H and O–H groups in total. The van der Waals surface area contributed by atoms with E-state index in [-0.39, 0.29) is 6.29 Å². The maximum atomic E-state index is 5.62. The third-order valence-corrected chi connectivity index (χ3v) is 2.52. The fourth-order valence-corrected chi connectivity index (χ4v) is 1.76. The maximum Gasteiger partial charge on any atom is 0.199 e. The number of hydrogen-bond acceptors (Lipinski definition) is 3. The molecule has 1 aliphatic rings. The van der Waals surface area contributed by atoms with Crippen molar-refractivity contribution >= 4 is 15.9 Å². The van der Waals surface area contributed by atoms with Gasteiger partial charge in [0, 0.05) is 17.1 Å². The van der Waals surface area contributed by atoms with Gasteiger partial charge >= 0.3 is 0 Å². The van der Waals surface area contributed by atoms with Crippen molar-refractivity contribution in [1.29, 1.82) is 0 Å². The molecule has 0 bridgehead atoms. The molecule has 2 heterocycles. The van der Waals surface area contributed by atoms with Gasteiger partial charge in [-0.1, -0.05) is 0 Å². The molecule has 4 heteroatoms. The first-order chi connectivity index (χ1) is 6.84. The minimum Gasteiger partial charge on any atom is -0.463 e. The van der Waals surface area contributed by atoms with Crippen LogP contribution in [0.15, 0.2) is 22.9 Å². The molecule has 0 amide bonds. The summed E-state index contributed by atoms with van der Waals surface area (Å²) in [6.07, 6.45) is 6.60. The van der Waals surface area contributed by atoms with E-state index in [1.54, 1.807) is 12.4 Å². The average Bonchev–Trinajstić information content (AvgIpc) is 2.19. The molecule has 1 aromatic rings. The van der Waals surface area contributed by atoms with Gasteiger partial charge in [-0.25, -0.2) is 0 Å². The lowest BCUT2D eigenvalue weighted by atomic mass is 10.2. The van der Waals surface area contributed by atoms with Gasteiger partial charge in [-0.3, -0.25) is 4.98 Å². The van der Waals surface area contributed by atoms with Crippen LogP contribution in [0.3, 0.4) is 0 Å². The van der Waals surface area contributed by atoms with Gasteiger partial charge in [-0.2, -0.15) is 0 Å². The summed E-state index contributed by atoms with van der Waals surface area (Å²) >= 11 is 3.34. The summed E-state index contributed by atoms with van der Waals surface area (Å²) in [5, 5.41) is 0. The summed E-state index contributed by atoms with van der Waals surface area (Å²) in [6.45, 7) is 0.798. The monoisotopic (exact) mass is 257 g/mol. The van der Waals surface area contributed by atoms with Crippen LogP contribution in [0.25, 0.3) is 0 Å². The van der Waals surface area contributed by atoms with E-state index >= 15 is 0 Å². The summed E-state index contributed by atoms with van der Waals surface area (Å²) in [5.74, 6) is 0.756. The molecule has 0 saturated carbocycles. The van der Waals surface area contributed by atoms with Gasteiger partial charge in [0.1, 0.15) is 5.75 Å². The summed E-state index contributed by atoms with van der Waals surface area (Å²) in [5.41, 5.74) is 0. The molecule has 1 fully saturated rings. The Labute approximate surface area is 91.6 Å². The normalized spacial score (nSPS) is 21.9. The van der Waals surface area contributed by atoms with Crippen molar-refractivity contribution in [3.05, 3.63) is 22.9 Å². The highest BCUT2D eigenvalue weighted by Crippen LogP contribution is 2.20. The van der Waals surface area contributed by atoms with Gasteiger partial charge < -0.3 is 9.47 Å². The average molecular weight is 258 g/mol. The van der Waals surface area contributed by atoms with E-state index in [9.17, 15) is 0 Å². The molecule has 0 aliphatic carbocycles. The van der Waals surface area contributed by atoms with Crippen LogP contribution in [0.5, 0.6) is 5.75 Å². The Morgan fingerprint density at radius 2 is 2.36 bits per heavy atom. The van der Waals surface area contributed by atoms with E-state index in [1.807, 2.05) is 6.07 Å². The van der Waals surface area contributed by atoms with Gasteiger partial charge in [-0.15, -0.1) is 0 Å². The zero-order chi connectivity index (χ0) is 9.80. The second-order valence-electron chi connectivity index (χ2n) is 3.25. The van der Waals surface area contributed by atoms with E-state index < -0.39 is 0 Å². The minimum absolute atomic E-state index is 0.0974. The largest absolute Gasteiger partial charge is 0.463 e. The van der Waals surface area contributed by atoms with Crippen molar-refractivity contribution in [3.8, 4) is 5.75 Å². The zero-order valence-electron chi connectivity index (χ0n) is 7.78. The van der Waals surface area contributed by atoms with E-state index in [2.05, 4.69) is 20.9 Å². The number of halogens is 1. The summed E-state index contributed by atoms with van der Waals surface area (Å²) in [7, 11) is 0. The number of pyridine rings is 1. The highest BCUT2D eigenvalue weighted by Gasteiger charge is 2.15. The Balaban J connectivity index is 1.95. The van der Waals surface area contributed by atoms with Gasteiger partial charge in [0.25, 0.3) is 0 Å². The Hall–Kier alpha value is -0.610. The standard InChI is InChI=1S/C10H12BrNO2/c11-8-5-9(7-12-6-8)14-10-3-1-2-4-13-10/h5-7,10H,1-4H2/t10-/m1/s1. The van der Waals surface area contributed by atoms with E-state index in [1.165, 1.54) is 6.42 Å². The fourth-order valence-electron chi connectivity index (χ4n) is 1.41. The molecule has 0 spiro atoms. The van der Waals surface area contributed by atoms with Crippen LogP contribution in [0.4, 0.5) is 0 Å². The zero-order valence-corrected chi connectivity index (χ0v) is 9.37. The van der Waals surface area contributed by atoms with Crippen LogP contribution in [-0.4, -0.2) is 17.9 Å². The molecule has 1 saturated heterocycles. The highest BCUT2D eigenvalue weighted by molar-refractivity contribution is 9.10. The predicted octanol–water partition coefficient (Wildman–Crippen LogP) is 2.75. The molecule has 1 atom stereocenters. The Morgan fingerprint density at radius 1 is 1.43 bits per heavy atom. The van der Waals surface area contributed by atoms with Gasteiger partial charge in [-0.05, 0) is 34.8 Å². The molecule has 1 aromatic heterocycles. The molecule has 0 aromatic carbocycles. The van der Waals surface area contributed by atoms with Crippen molar-refractivity contribution in [2.24, 2.45) is 0 Å². The molecule has 2 rings (SSSR count).